The Bertz CT molecular complexity index is 653. The Morgan fingerprint density at radius 3 is 2.48 bits per heavy atom. The van der Waals surface area contributed by atoms with Crippen LogP contribution in [0, 0.1) is 0 Å². The summed E-state index contributed by atoms with van der Waals surface area (Å²) in [4.78, 5) is 12.1. The van der Waals surface area contributed by atoms with E-state index in [1.807, 2.05) is 0 Å². The number of hydrogen-bond acceptors (Lipinski definition) is 4. The monoisotopic (exact) mass is 315 g/mol. The van der Waals surface area contributed by atoms with Gasteiger partial charge in [-0.1, -0.05) is 19.8 Å². The minimum Gasteiger partial charge on any atom is -0.508 e. The Labute approximate surface area is 135 Å². The van der Waals surface area contributed by atoms with E-state index in [0.29, 0.717) is 12.3 Å². The summed E-state index contributed by atoms with van der Waals surface area (Å²) < 4.78 is 5.60. The maximum Gasteiger partial charge on any atom is 0.259 e. The van der Waals surface area contributed by atoms with E-state index in [2.05, 4.69) is 12.2 Å². The summed E-state index contributed by atoms with van der Waals surface area (Å²) in [5, 5.41) is 21.6. The zero-order valence-electron chi connectivity index (χ0n) is 13.1. The number of phenols is 2. The Hall–Kier alpha value is -2.69. The summed E-state index contributed by atoms with van der Waals surface area (Å²) in [6.45, 7) is 2.82. The fourth-order valence-corrected chi connectivity index (χ4v) is 2.09. The molecular formula is C18H21NO4. The Morgan fingerprint density at radius 1 is 1.09 bits per heavy atom. The van der Waals surface area contributed by atoms with E-state index in [1.165, 1.54) is 12.1 Å². The highest BCUT2D eigenvalue weighted by molar-refractivity contribution is 6.06. The lowest BCUT2D eigenvalue weighted by atomic mass is 10.1. The molecule has 0 aliphatic heterocycles. The number of amides is 1. The van der Waals surface area contributed by atoms with Gasteiger partial charge in [0.1, 0.15) is 17.2 Å². The van der Waals surface area contributed by atoms with Gasteiger partial charge in [-0.25, -0.2) is 0 Å². The van der Waals surface area contributed by atoms with E-state index in [0.717, 1.165) is 31.1 Å². The topological polar surface area (TPSA) is 78.8 Å². The largest absolute Gasteiger partial charge is 0.508 e. The number of unbranched alkanes of at least 4 members (excludes halogenated alkanes) is 2. The van der Waals surface area contributed by atoms with E-state index in [4.69, 9.17) is 4.74 Å². The zero-order chi connectivity index (χ0) is 16.7. The quantitative estimate of drug-likeness (QED) is 0.677. The van der Waals surface area contributed by atoms with Gasteiger partial charge in [-0.05, 0) is 42.8 Å². The molecule has 5 heteroatoms. The van der Waals surface area contributed by atoms with E-state index in [1.54, 1.807) is 24.3 Å². The van der Waals surface area contributed by atoms with Gasteiger partial charge in [-0.15, -0.1) is 0 Å². The Kier molecular flexibility index (Phi) is 5.86. The predicted molar refractivity (Wildman–Crippen MR) is 89.2 cm³/mol. The van der Waals surface area contributed by atoms with Gasteiger partial charge in [0.25, 0.3) is 5.91 Å². The second-order valence-electron chi connectivity index (χ2n) is 5.24. The molecule has 0 saturated heterocycles. The molecule has 0 spiro atoms. The number of carbonyl (C=O) groups excluding carboxylic acids is 1. The molecule has 23 heavy (non-hydrogen) atoms. The molecular weight excluding hydrogens is 294 g/mol. The van der Waals surface area contributed by atoms with Gasteiger partial charge in [0.2, 0.25) is 0 Å². The van der Waals surface area contributed by atoms with Gasteiger partial charge < -0.3 is 20.3 Å². The molecule has 0 saturated carbocycles. The molecule has 0 atom stereocenters. The van der Waals surface area contributed by atoms with Gasteiger partial charge in [0.05, 0.1) is 12.2 Å². The average molecular weight is 315 g/mol. The number of ether oxygens (including phenoxy) is 1. The third-order valence-electron chi connectivity index (χ3n) is 3.35. The molecule has 0 unspecified atom stereocenters. The molecule has 0 heterocycles. The van der Waals surface area contributed by atoms with Crippen LogP contribution in [0.5, 0.6) is 17.2 Å². The summed E-state index contributed by atoms with van der Waals surface area (Å²) in [5.41, 5.74) is 0.700. The number of nitrogens with one attached hydrogen (secondary N) is 1. The summed E-state index contributed by atoms with van der Waals surface area (Å²) in [6, 6.07) is 10.9. The van der Waals surface area contributed by atoms with Crippen molar-refractivity contribution in [3.05, 3.63) is 48.0 Å². The van der Waals surface area contributed by atoms with E-state index in [9.17, 15) is 15.0 Å². The molecule has 2 aromatic carbocycles. The Morgan fingerprint density at radius 2 is 1.83 bits per heavy atom. The van der Waals surface area contributed by atoms with Crippen molar-refractivity contribution in [1.29, 1.82) is 0 Å². The minimum absolute atomic E-state index is 0.0939. The summed E-state index contributed by atoms with van der Waals surface area (Å²) in [5.74, 6) is -0.0484. The van der Waals surface area contributed by atoms with E-state index >= 15 is 0 Å². The van der Waals surface area contributed by atoms with Crippen molar-refractivity contribution in [3.63, 3.8) is 0 Å². The molecule has 0 aliphatic carbocycles. The lowest BCUT2D eigenvalue weighted by molar-refractivity contribution is 0.102. The number of aromatic hydroxyl groups is 2. The molecule has 0 aromatic heterocycles. The van der Waals surface area contributed by atoms with Crippen LogP contribution in [0.1, 0.15) is 36.5 Å². The first kappa shape index (κ1) is 16.7. The normalized spacial score (nSPS) is 10.3. The highest BCUT2D eigenvalue weighted by atomic mass is 16.5. The standard InChI is InChI=1S/C18H21NO4/c1-2-3-4-11-23-15-8-5-13(6-9-15)19-18(22)16-10-7-14(20)12-17(16)21/h5-10,12,20-21H,2-4,11H2,1H3,(H,19,22). The number of rotatable bonds is 7. The van der Waals surface area contributed by atoms with Crippen LogP contribution in [-0.2, 0) is 0 Å². The highest BCUT2D eigenvalue weighted by Crippen LogP contribution is 2.24. The lowest BCUT2D eigenvalue weighted by Gasteiger charge is -2.09. The average Bonchev–Trinajstić information content (AvgIpc) is 2.53. The maximum absolute atomic E-state index is 12.1. The van der Waals surface area contributed by atoms with E-state index in [-0.39, 0.29) is 17.1 Å². The SMILES string of the molecule is CCCCCOc1ccc(NC(=O)c2ccc(O)cc2O)cc1. The van der Waals surface area contributed by atoms with Crippen molar-refractivity contribution in [2.75, 3.05) is 11.9 Å². The van der Waals surface area contributed by atoms with Crippen LogP contribution in [-0.4, -0.2) is 22.7 Å². The third-order valence-corrected chi connectivity index (χ3v) is 3.35. The van der Waals surface area contributed by atoms with E-state index < -0.39 is 5.91 Å². The summed E-state index contributed by atoms with van der Waals surface area (Å²) in [7, 11) is 0. The van der Waals surface area contributed by atoms with Crippen molar-refractivity contribution in [1.82, 2.24) is 0 Å². The number of carbonyl (C=O) groups is 1. The number of phenolic OH excluding ortho intramolecular Hbond substituents is 2. The molecule has 2 aromatic rings. The predicted octanol–water partition coefficient (Wildman–Crippen LogP) is 3.92. The van der Waals surface area contributed by atoms with Gasteiger partial charge in [0, 0.05) is 11.8 Å². The lowest BCUT2D eigenvalue weighted by Crippen LogP contribution is -2.11. The third kappa shape index (κ3) is 4.92. The molecule has 1 amide bonds. The van der Waals surface area contributed by atoms with Crippen LogP contribution >= 0.6 is 0 Å². The van der Waals surface area contributed by atoms with Crippen molar-refractivity contribution < 1.29 is 19.7 Å². The minimum atomic E-state index is -0.445. The van der Waals surface area contributed by atoms with Crippen LogP contribution in [0.25, 0.3) is 0 Å². The van der Waals surface area contributed by atoms with Gasteiger partial charge in [-0.2, -0.15) is 0 Å². The number of benzene rings is 2. The first-order valence-electron chi connectivity index (χ1n) is 7.66. The van der Waals surface area contributed by atoms with Crippen molar-refractivity contribution in [2.24, 2.45) is 0 Å². The molecule has 0 bridgehead atoms. The van der Waals surface area contributed by atoms with Crippen LogP contribution in [0.2, 0.25) is 0 Å². The summed E-state index contributed by atoms with van der Waals surface area (Å²) >= 11 is 0. The molecule has 2 rings (SSSR count). The maximum atomic E-state index is 12.1. The second-order valence-corrected chi connectivity index (χ2v) is 5.24. The first-order chi connectivity index (χ1) is 11.1. The van der Waals surface area contributed by atoms with Crippen molar-refractivity contribution in [3.8, 4) is 17.2 Å². The van der Waals surface area contributed by atoms with Crippen molar-refractivity contribution >= 4 is 11.6 Å². The fraction of sp³-hybridized carbons (Fsp3) is 0.278. The van der Waals surface area contributed by atoms with Crippen LogP contribution in [0.3, 0.4) is 0 Å². The second kappa shape index (κ2) is 8.08. The van der Waals surface area contributed by atoms with Crippen LogP contribution < -0.4 is 10.1 Å². The van der Waals surface area contributed by atoms with Crippen LogP contribution in [0.15, 0.2) is 42.5 Å². The zero-order valence-corrected chi connectivity index (χ0v) is 13.1. The molecule has 3 N–H and O–H groups in total. The Balaban J connectivity index is 1.93. The van der Waals surface area contributed by atoms with Crippen molar-refractivity contribution in [2.45, 2.75) is 26.2 Å². The smallest absolute Gasteiger partial charge is 0.259 e. The number of hydrogen-bond donors (Lipinski definition) is 3. The molecule has 0 aliphatic rings. The number of anilines is 1. The molecule has 122 valence electrons. The highest BCUT2D eigenvalue weighted by Gasteiger charge is 2.11. The molecule has 0 fully saturated rings. The summed E-state index contributed by atoms with van der Waals surface area (Å²) in [6.07, 6.45) is 3.32. The first-order valence-corrected chi connectivity index (χ1v) is 7.66. The van der Waals surface area contributed by atoms with Gasteiger partial charge >= 0.3 is 0 Å². The van der Waals surface area contributed by atoms with Gasteiger partial charge in [0.15, 0.2) is 0 Å². The molecule has 0 radical (unpaired) electrons. The molecule has 5 nitrogen and oxygen atoms in total. The van der Waals surface area contributed by atoms with Gasteiger partial charge in [-0.3, -0.25) is 4.79 Å². The fourth-order valence-electron chi connectivity index (χ4n) is 2.09. The van der Waals surface area contributed by atoms with Crippen LogP contribution in [0.4, 0.5) is 5.69 Å².